The number of hydrogen-bond donors (Lipinski definition) is 1. The van der Waals surface area contributed by atoms with Gasteiger partial charge < -0.3 is 15.0 Å². The Morgan fingerprint density at radius 2 is 1.81 bits per heavy atom. The predicted octanol–water partition coefficient (Wildman–Crippen LogP) is 3.47. The molecule has 4 nitrogen and oxygen atoms in total. The van der Waals surface area contributed by atoms with E-state index in [1.54, 1.807) is 10.6 Å². The number of nitrogens with two attached hydrogens (primary N) is 1. The maximum atomic E-state index is 12.3. The van der Waals surface area contributed by atoms with Crippen LogP contribution in [-0.2, 0) is 0 Å². The first-order valence-electron chi connectivity index (χ1n) is 7.32. The number of benzene rings is 1. The Bertz CT molecular complexity index is 659. The lowest BCUT2D eigenvalue weighted by Gasteiger charge is -2.19. The van der Waals surface area contributed by atoms with Crippen molar-refractivity contribution in [2.75, 3.05) is 12.3 Å². The van der Waals surface area contributed by atoms with Crippen LogP contribution in [0.3, 0.4) is 0 Å². The van der Waals surface area contributed by atoms with Gasteiger partial charge in [0.25, 0.3) is 5.56 Å². The number of rotatable bonds is 5. The van der Waals surface area contributed by atoms with Gasteiger partial charge >= 0.3 is 0 Å². The molecule has 0 fully saturated rings. The summed E-state index contributed by atoms with van der Waals surface area (Å²) in [6.45, 7) is 6.68. The lowest BCUT2D eigenvalue weighted by Crippen LogP contribution is -2.26. The van der Waals surface area contributed by atoms with E-state index in [9.17, 15) is 4.79 Å². The van der Waals surface area contributed by atoms with Crippen molar-refractivity contribution < 1.29 is 4.74 Å². The minimum Gasteiger partial charge on any atom is -0.494 e. The van der Waals surface area contributed by atoms with Crippen molar-refractivity contribution in [1.29, 1.82) is 0 Å². The van der Waals surface area contributed by atoms with Crippen LogP contribution in [0.2, 0.25) is 0 Å². The lowest BCUT2D eigenvalue weighted by molar-refractivity contribution is 0.340. The van der Waals surface area contributed by atoms with Crippen LogP contribution >= 0.6 is 0 Å². The molecule has 0 aliphatic carbocycles. The summed E-state index contributed by atoms with van der Waals surface area (Å²) >= 11 is 0. The predicted molar refractivity (Wildman–Crippen MR) is 86.7 cm³/mol. The molecule has 0 amide bonds. The fraction of sp³-hybridized carbons (Fsp3) is 0.353. The van der Waals surface area contributed by atoms with E-state index in [-0.39, 0.29) is 17.3 Å². The van der Waals surface area contributed by atoms with Crippen molar-refractivity contribution >= 4 is 5.69 Å². The second-order valence-electron chi connectivity index (χ2n) is 5.06. The van der Waals surface area contributed by atoms with E-state index in [1.807, 2.05) is 44.2 Å². The van der Waals surface area contributed by atoms with E-state index in [2.05, 4.69) is 6.92 Å². The van der Waals surface area contributed by atoms with Crippen LogP contribution in [-0.4, -0.2) is 11.2 Å². The molecule has 1 heterocycles. The molecule has 0 bridgehead atoms. The van der Waals surface area contributed by atoms with Gasteiger partial charge in [-0.15, -0.1) is 0 Å². The Morgan fingerprint density at radius 1 is 1.14 bits per heavy atom. The van der Waals surface area contributed by atoms with Crippen molar-refractivity contribution in [1.82, 2.24) is 4.57 Å². The van der Waals surface area contributed by atoms with E-state index in [0.29, 0.717) is 6.61 Å². The van der Waals surface area contributed by atoms with Crippen LogP contribution in [0.15, 0.2) is 41.2 Å². The molecular formula is C17H22N2O2. The van der Waals surface area contributed by atoms with Crippen molar-refractivity contribution in [3.63, 3.8) is 0 Å². The Morgan fingerprint density at radius 3 is 2.38 bits per heavy atom. The number of pyridine rings is 1. The smallest absolute Gasteiger partial charge is 0.274 e. The van der Waals surface area contributed by atoms with Crippen LogP contribution in [0.25, 0.3) is 11.3 Å². The standard InChI is InChI=1S/C17H22N2O2/c1-4-12(3)19-16(11-10-15(18)17(19)20)13-6-8-14(9-7-13)21-5-2/h6-12H,4-5,18H2,1-3H3. The number of hydrogen-bond acceptors (Lipinski definition) is 3. The number of aromatic nitrogens is 1. The van der Waals surface area contributed by atoms with Gasteiger partial charge in [0.1, 0.15) is 5.75 Å². The Hall–Kier alpha value is -2.23. The summed E-state index contributed by atoms with van der Waals surface area (Å²) < 4.78 is 7.22. The molecule has 1 unspecified atom stereocenters. The zero-order valence-corrected chi connectivity index (χ0v) is 12.8. The highest BCUT2D eigenvalue weighted by Gasteiger charge is 2.13. The average Bonchev–Trinajstić information content (AvgIpc) is 2.50. The molecule has 2 rings (SSSR count). The molecule has 21 heavy (non-hydrogen) atoms. The Kier molecular flexibility index (Phi) is 4.68. The Labute approximate surface area is 125 Å². The van der Waals surface area contributed by atoms with Gasteiger partial charge in [0, 0.05) is 6.04 Å². The molecule has 0 aliphatic heterocycles. The zero-order chi connectivity index (χ0) is 15.4. The van der Waals surface area contributed by atoms with Crippen LogP contribution < -0.4 is 16.0 Å². The molecule has 0 saturated heterocycles. The van der Waals surface area contributed by atoms with Crippen LogP contribution in [0, 0.1) is 0 Å². The van der Waals surface area contributed by atoms with Crippen molar-refractivity contribution in [2.45, 2.75) is 33.2 Å². The average molecular weight is 286 g/mol. The van der Waals surface area contributed by atoms with Crippen LogP contribution in [0.4, 0.5) is 5.69 Å². The van der Waals surface area contributed by atoms with E-state index in [0.717, 1.165) is 23.4 Å². The van der Waals surface area contributed by atoms with Gasteiger partial charge in [-0.25, -0.2) is 0 Å². The van der Waals surface area contributed by atoms with Crippen LogP contribution in [0.1, 0.15) is 33.2 Å². The van der Waals surface area contributed by atoms with E-state index >= 15 is 0 Å². The maximum absolute atomic E-state index is 12.3. The molecule has 2 aromatic rings. The first-order chi connectivity index (χ1) is 10.1. The van der Waals surface area contributed by atoms with Crippen molar-refractivity contribution in [3.8, 4) is 17.0 Å². The summed E-state index contributed by atoms with van der Waals surface area (Å²) in [5.41, 5.74) is 7.79. The number of nitrogen functional groups attached to an aromatic ring is 1. The molecule has 0 radical (unpaired) electrons. The highest BCUT2D eigenvalue weighted by atomic mass is 16.5. The minimum atomic E-state index is -0.129. The van der Waals surface area contributed by atoms with E-state index in [4.69, 9.17) is 10.5 Å². The normalized spacial score (nSPS) is 12.1. The van der Waals surface area contributed by atoms with Crippen molar-refractivity contribution in [2.24, 2.45) is 0 Å². The molecule has 0 spiro atoms. The summed E-state index contributed by atoms with van der Waals surface area (Å²) in [6.07, 6.45) is 0.868. The maximum Gasteiger partial charge on any atom is 0.274 e. The minimum absolute atomic E-state index is 0.0996. The van der Waals surface area contributed by atoms with Gasteiger partial charge in [0.15, 0.2) is 0 Å². The molecule has 4 heteroatoms. The Balaban J connectivity index is 2.53. The van der Waals surface area contributed by atoms with Crippen LogP contribution in [0.5, 0.6) is 5.75 Å². The fourth-order valence-corrected chi connectivity index (χ4v) is 2.31. The number of anilines is 1. The summed E-state index contributed by atoms with van der Waals surface area (Å²) in [4.78, 5) is 12.3. The quantitative estimate of drug-likeness (QED) is 0.915. The molecule has 2 N–H and O–H groups in total. The molecular weight excluding hydrogens is 264 g/mol. The summed E-state index contributed by atoms with van der Waals surface area (Å²) in [5, 5.41) is 0. The van der Waals surface area contributed by atoms with Gasteiger partial charge in [-0.3, -0.25) is 4.79 Å². The molecule has 112 valence electrons. The molecule has 1 aromatic heterocycles. The van der Waals surface area contributed by atoms with E-state index in [1.165, 1.54) is 0 Å². The number of ether oxygens (including phenoxy) is 1. The third-order valence-corrected chi connectivity index (χ3v) is 3.64. The second-order valence-corrected chi connectivity index (χ2v) is 5.06. The van der Waals surface area contributed by atoms with Gasteiger partial charge in [0.05, 0.1) is 18.0 Å². The van der Waals surface area contributed by atoms with Gasteiger partial charge in [0.2, 0.25) is 0 Å². The first kappa shape index (κ1) is 15.2. The summed E-state index contributed by atoms with van der Waals surface area (Å²) in [7, 11) is 0. The first-order valence-corrected chi connectivity index (χ1v) is 7.32. The molecule has 1 atom stereocenters. The summed E-state index contributed by atoms with van der Waals surface area (Å²) in [5.74, 6) is 0.828. The van der Waals surface area contributed by atoms with Gasteiger partial charge in [-0.05, 0) is 62.2 Å². The second kappa shape index (κ2) is 6.48. The highest BCUT2D eigenvalue weighted by molar-refractivity contribution is 5.62. The summed E-state index contributed by atoms with van der Waals surface area (Å²) in [6, 6.07) is 11.4. The SMILES string of the molecule is CCOc1ccc(-c2ccc(N)c(=O)n2C(C)CC)cc1. The van der Waals surface area contributed by atoms with Gasteiger partial charge in [-0.1, -0.05) is 6.92 Å². The number of nitrogens with zero attached hydrogens (tertiary/aromatic N) is 1. The largest absolute Gasteiger partial charge is 0.494 e. The molecule has 0 aliphatic rings. The molecule has 1 aromatic carbocycles. The van der Waals surface area contributed by atoms with E-state index < -0.39 is 0 Å². The third-order valence-electron chi connectivity index (χ3n) is 3.64. The monoisotopic (exact) mass is 286 g/mol. The lowest BCUT2D eigenvalue weighted by atomic mass is 10.1. The fourth-order valence-electron chi connectivity index (χ4n) is 2.31. The van der Waals surface area contributed by atoms with Crippen molar-refractivity contribution in [3.05, 3.63) is 46.8 Å². The topological polar surface area (TPSA) is 57.2 Å². The highest BCUT2D eigenvalue weighted by Crippen LogP contribution is 2.25. The zero-order valence-electron chi connectivity index (χ0n) is 12.8. The molecule has 0 saturated carbocycles. The third kappa shape index (κ3) is 3.10. The van der Waals surface area contributed by atoms with Gasteiger partial charge in [-0.2, -0.15) is 0 Å².